The summed E-state index contributed by atoms with van der Waals surface area (Å²) in [5, 5.41) is 4.73. The second-order valence-electron chi connectivity index (χ2n) is 3.65. The van der Waals surface area contributed by atoms with Gasteiger partial charge in [-0.2, -0.15) is 11.8 Å². The van der Waals surface area contributed by atoms with Gasteiger partial charge in [-0.15, -0.1) is 0 Å². The molecule has 0 spiro atoms. The predicted molar refractivity (Wildman–Crippen MR) is 69.0 cm³/mol. The molecular formula is C10H21N3O3S. The Labute approximate surface area is 106 Å². The summed E-state index contributed by atoms with van der Waals surface area (Å²) in [6.45, 7) is 3.42. The molecule has 0 radical (unpaired) electrons. The number of urea groups is 1. The zero-order chi connectivity index (χ0) is 13.1. The first-order valence-electron chi connectivity index (χ1n) is 5.44. The monoisotopic (exact) mass is 263 g/mol. The van der Waals surface area contributed by atoms with Crippen molar-refractivity contribution in [1.82, 2.24) is 10.6 Å². The largest absolute Gasteiger partial charge is 0.383 e. The SMILES string of the molecule is COCCNC(=O)NC(=O)CSCC(C)CN. The lowest BCUT2D eigenvalue weighted by molar-refractivity contribution is -0.117. The van der Waals surface area contributed by atoms with Gasteiger partial charge in [-0.1, -0.05) is 6.92 Å². The van der Waals surface area contributed by atoms with E-state index in [1.807, 2.05) is 6.92 Å². The number of imide groups is 1. The Hall–Kier alpha value is -0.790. The number of rotatable bonds is 8. The van der Waals surface area contributed by atoms with E-state index in [4.69, 9.17) is 10.5 Å². The molecular weight excluding hydrogens is 242 g/mol. The molecule has 1 unspecified atom stereocenters. The van der Waals surface area contributed by atoms with Crippen LogP contribution >= 0.6 is 11.8 Å². The number of nitrogens with one attached hydrogen (secondary N) is 2. The van der Waals surface area contributed by atoms with Crippen LogP contribution in [-0.4, -0.2) is 50.3 Å². The number of carbonyl (C=O) groups excluding carboxylic acids is 2. The fourth-order valence-corrected chi connectivity index (χ4v) is 1.81. The van der Waals surface area contributed by atoms with E-state index in [0.29, 0.717) is 25.6 Å². The van der Waals surface area contributed by atoms with Gasteiger partial charge in [0.2, 0.25) is 5.91 Å². The lowest BCUT2D eigenvalue weighted by atomic mass is 10.2. The van der Waals surface area contributed by atoms with Gasteiger partial charge in [-0.3, -0.25) is 10.1 Å². The van der Waals surface area contributed by atoms with Crippen LogP contribution in [0.1, 0.15) is 6.92 Å². The highest BCUT2D eigenvalue weighted by Gasteiger charge is 2.07. The molecule has 0 aliphatic carbocycles. The van der Waals surface area contributed by atoms with E-state index in [1.165, 1.54) is 11.8 Å². The van der Waals surface area contributed by atoms with E-state index in [1.54, 1.807) is 7.11 Å². The maximum Gasteiger partial charge on any atom is 0.321 e. The third kappa shape index (κ3) is 10.1. The van der Waals surface area contributed by atoms with Gasteiger partial charge in [0, 0.05) is 13.7 Å². The molecule has 100 valence electrons. The summed E-state index contributed by atoms with van der Waals surface area (Å²) in [6.07, 6.45) is 0. The molecule has 0 aromatic rings. The standard InChI is InChI=1S/C10H21N3O3S/c1-8(5-11)6-17-7-9(14)13-10(15)12-3-4-16-2/h8H,3-7,11H2,1-2H3,(H2,12,13,14,15). The highest BCUT2D eigenvalue weighted by atomic mass is 32.2. The third-order valence-corrected chi connectivity index (χ3v) is 3.15. The zero-order valence-electron chi connectivity index (χ0n) is 10.3. The van der Waals surface area contributed by atoms with Crippen molar-refractivity contribution >= 4 is 23.7 Å². The van der Waals surface area contributed by atoms with E-state index >= 15 is 0 Å². The number of ether oxygens (including phenoxy) is 1. The summed E-state index contributed by atoms with van der Waals surface area (Å²) in [7, 11) is 1.54. The average molecular weight is 263 g/mol. The highest BCUT2D eigenvalue weighted by molar-refractivity contribution is 7.99. The minimum Gasteiger partial charge on any atom is -0.383 e. The highest BCUT2D eigenvalue weighted by Crippen LogP contribution is 2.06. The van der Waals surface area contributed by atoms with Crippen molar-refractivity contribution < 1.29 is 14.3 Å². The molecule has 3 amide bonds. The van der Waals surface area contributed by atoms with Crippen LogP contribution in [0.3, 0.4) is 0 Å². The van der Waals surface area contributed by atoms with E-state index < -0.39 is 6.03 Å². The van der Waals surface area contributed by atoms with Crippen molar-refractivity contribution in [3.05, 3.63) is 0 Å². The van der Waals surface area contributed by atoms with Gasteiger partial charge in [0.1, 0.15) is 0 Å². The van der Waals surface area contributed by atoms with Gasteiger partial charge in [0.25, 0.3) is 0 Å². The second kappa shape index (κ2) is 10.4. The van der Waals surface area contributed by atoms with Crippen LogP contribution in [0.5, 0.6) is 0 Å². The molecule has 0 saturated carbocycles. The molecule has 0 rings (SSSR count). The molecule has 7 heteroatoms. The summed E-state index contributed by atoms with van der Waals surface area (Å²) in [5.41, 5.74) is 5.45. The lowest BCUT2D eigenvalue weighted by Crippen LogP contribution is -2.41. The Morgan fingerprint density at radius 2 is 2.18 bits per heavy atom. The summed E-state index contributed by atoms with van der Waals surface area (Å²) >= 11 is 1.47. The normalized spacial score (nSPS) is 11.9. The molecule has 0 bridgehead atoms. The van der Waals surface area contributed by atoms with Crippen LogP contribution in [0.15, 0.2) is 0 Å². The van der Waals surface area contributed by atoms with Gasteiger partial charge >= 0.3 is 6.03 Å². The van der Waals surface area contributed by atoms with Crippen LogP contribution in [0, 0.1) is 5.92 Å². The van der Waals surface area contributed by atoms with Crippen LogP contribution in [0.4, 0.5) is 4.79 Å². The quantitative estimate of drug-likeness (QED) is 0.527. The van der Waals surface area contributed by atoms with Gasteiger partial charge in [-0.25, -0.2) is 4.79 Å². The van der Waals surface area contributed by atoms with E-state index in [2.05, 4.69) is 10.6 Å². The number of nitrogens with two attached hydrogens (primary N) is 1. The van der Waals surface area contributed by atoms with Crippen LogP contribution < -0.4 is 16.4 Å². The summed E-state index contributed by atoms with van der Waals surface area (Å²) in [4.78, 5) is 22.5. The molecule has 1 atom stereocenters. The molecule has 0 aromatic heterocycles. The first-order valence-corrected chi connectivity index (χ1v) is 6.60. The number of amides is 3. The van der Waals surface area contributed by atoms with Gasteiger partial charge < -0.3 is 15.8 Å². The molecule has 0 aromatic carbocycles. The summed E-state index contributed by atoms with van der Waals surface area (Å²) in [5.74, 6) is 1.16. The zero-order valence-corrected chi connectivity index (χ0v) is 11.1. The van der Waals surface area contributed by atoms with Crippen molar-refractivity contribution in [3.8, 4) is 0 Å². The second-order valence-corrected chi connectivity index (χ2v) is 4.68. The van der Waals surface area contributed by atoms with Crippen LogP contribution in [0.2, 0.25) is 0 Å². The van der Waals surface area contributed by atoms with Crippen molar-refractivity contribution in [2.24, 2.45) is 11.7 Å². The van der Waals surface area contributed by atoms with E-state index in [-0.39, 0.29) is 11.7 Å². The van der Waals surface area contributed by atoms with Gasteiger partial charge in [0.15, 0.2) is 0 Å². The molecule has 0 aliphatic rings. The summed E-state index contributed by atoms with van der Waals surface area (Å²) in [6, 6.07) is -0.487. The predicted octanol–water partition coefficient (Wildman–Crippen LogP) is -0.213. The number of methoxy groups -OCH3 is 1. The number of hydrogen-bond acceptors (Lipinski definition) is 5. The first-order chi connectivity index (χ1) is 8.10. The molecule has 0 saturated heterocycles. The number of thioether (sulfide) groups is 1. The molecule has 17 heavy (non-hydrogen) atoms. The Balaban J connectivity index is 3.54. The maximum absolute atomic E-state index is 11.3. The first kappa shape index (κ1) is 16.2. The smallest absolute Gasteiger partial charge is 0.321 e. The van der Waals surface area contributed by atoms with Crippen LogP contribution in [0.25, 0.3) is 0 Å². The van der Waals surface area contributed by atoms with Gasteiger partial charge in [0.05, 0.1) is 12.4 Å². The Kier molecular flexibility index (Phi) is 9.89. The fourth-order valence-electron chi connectivity index (χ4n) is 0.894. The van der Waals surface area contributed by atoms with Crippen molar-refractivity contribution in [2.75, 3.05) is 38.3 Å². The number of hydrogen-bond donors (Lipinski definition) is 3. The molecule has 0 aliphatic heterocycles. The van der Waals surface area contributed by atoms with Crippen LogP contribution in [-0.2, 0) is 9.53 Å². The van der Waals surface area contributed by atoms with Crippen molar-refractivity contribution in [1.29, 1.82) is 0 Å². The van der Waals surface area contributed by atoms with Crippen molar-refractivity contribution in [2.45, 2.75) is 6.92 Å². The van der Waals surface area contributed by atoms with Gasteiger partial charge in [-0.05, 0) is 18.2 Å². The fraction of sp³-hybridized carbons (Fsp3) is 0.800. The Morgan fingerprint density at radius 1 is 1.47 bits per heavy atom. The molecule has 0 fully saturated rings. The molecule has 4 N–H and O–H groups in total. The molecule has 0 heterocycles. The summed E-state index contributed by atoms with van der Waals surface area (Å²) < 4.78 is 4.76. The number of carbonyl (C=O) groups is 2. The minimum atomic E-state index is -0.487. The third-order valence-electron chi connectivity index (χ3n) is 1.88. The van der Waals surface area contributed by atoms with E-state index in [0.717, 1.165) is 5.75 Å². The Morgan fingerprint density at radius 3 is 2.76 bits per heavy atom. The topological polar surface area (TPSA) is 93.5 Å². The van der Waals surface area contributed by atoms with E-state index in [9.17, 15) is 9.59 Å². The van der Waals surface area contributed by atoms with Crippen molar-refractivity contribution in [3.63, 3.8) is 0 Å². The average Bonchev–Trinajstić information content (AvgIpc) is 2.29. The lowest BCUT2D eigenvalue weighted by Gasteiger charge is -2.08. The maximum atomic E-state index is 11.3. The minimum absolute atomic E-state index is 0.266. The Bertz CT molecular complexity index is 239. The molecule has 6 nitrogen and oxygen atoms in total.